The number of piperidine rings is 1. The summed E-state index contributed by atoms with van der Waals surface area (Å²) < 4.78 is 2.00. The fourth-order valence-corrected chi connectivity index (χ4v) is 4.93. The number of aryl methyl sites for hydroxylation is 2. The van der Waals surface area contributed by atoms with E-state index in [-0.39, 0.29) is 17.6 Å². The highest BCUT2D eigenvalue weighted by molar-refractivity contribution is 6.01. The summed E-state index contributed by atoms with van der Waals surface area (Å²) in [5, 5.41) is 2.76. The molecule has 2 aliphatic heterocycles. The van der Waals surface area contributed by atoms with Crippen LogP contribution in [0.1, 0.15) is 52.1 Å². The van der Waals surface area contributed by atoms with Crippen molar-refractivity contribution in [2.24, 2.45) is 0 Å². The number of hydrogen-bond donors (Lipinski definition) is 1. The first kappa shape index (κ1) is 22.8. The van der Waals surface area contributed by atoms with Gasteiger partial charge < -0.3 is 14.8 Å². The van der Waals surface area contributed by atoms with Gasteiger partial charge in [0.05, 0.1) is 0 Å². The van der Waals surface area contributed by atoms with Gasteiger partial charge in [0, 0.05) is 48.7 Å². The molecule has 2 aromatic carbocycles. The number of nitrogens with one attached hydrogen (secondary N) is 1. The summed E-state index contributed by atoms with van der Waals surface area (Å²) >= 11 is 0. The van der Waals surface area contributed by atoms with Crippen LogP contribution in [0.25, 0.3) is 5.69 Å². The lowest BCUT2D eigenvalue weighted by Gasteiger charge is -2.30. The van der Waals surface area contributed by atoms with Gasteiger partial charge in [-0.15, -0.1) is 0 Å². The lowest BCUT2D eigenvalue weighted by Crippen LogP contribution is -2.49. The summed E-state index contributed by atoms with van der Waals surface area (Å²) in [6.45, 7) is 6.17. The molecule has 35 heavy (non-hydrogen) atoms. The number of carbonyl (C=O) groups is 3. The average Bonchev–Trinajstić information content (AvgIpc) is 3.41. The number of nitrogens with zero attached hydrogens (tertiary/aromatic N) is 3. The van der Waals surface area contributed by atoms with E-state index in [1.54, 1.807) is 11.1 Å². The molecule has 178 valence electrons. The van der Waals surface area contributed by atoms with E-state index in [9.17, 15) is 14.4 Å². The zero-order valence-electron chi connectivity index (χ0n) is 19.8. The minimum absolute atomic E-state index is 0.108. The number of amides is 2. The number of aromatic nitrogens is 2. The quantitative estimate of drug-likeness (QED) is 0.573. The number of fused-ring (bicyclic) bond motifs is 1. The van der Waals surface area contributed by atoms with Gasteiger partial charge in [-0.2, -0.15) is 0 Å². The van der Waals surface area contributed by atoms with E-state index in [4.69, 9.17) is 0 Å². The van der Waals surface area contributed by atoms with Crippen molar-refractivity contribution in [3.8, 4) is 5.69 Å². The van der Waals surface area contributed by atoms with Gasteiger partial charge in [0.25, 0.3) is 5.91 Å². The summed E-state index contributed by atoms with van der Waals surface area (Å²) in [7, 11) is 0. The fraction of sp³-hybridized carbons (Fsp3) is 0.286. The first-order valence-electron chi connectivity index (χ1n) is 11.9. The minimum atomic E-state index is -0.465. The Kier molecular flexibility index (Phi) is 6.07. The highest BCUT2D eigenvalue weighted by Crippen LogP contribution is 2.29. The highest BCUT2D eigenvalue weighted by Gasteiger charge is 2.38. The van der Waals surface area contributed by atoms with Gasteiger partial charge in [0.1, 0.15) is 17.6 Å². The molecule has 1 saturated heterocycles. The van der Waals surface area contributed by atoms with Crippen molar-refractivity contribution in [3.05, 3.63) is 95.2 Å². The smallest absolute Gasteiger partial charge is 0.255 e. The van der Waals surface area contributed by atoms with Crippen LogP contribution in [0.15, 0.2) is 67.1 Å². The summed E-state index contributed by atoms with van der Waals surface area (Å²) in [6, 6.07) is 13.2. The monoisotopic (exact) mass is 468 g/mol. The van der Waals surface area contributed by atoms with E-state index in [1.807, 2.05) is 60.2 Å². The standard InChI is InChI=1S/C28H28N4O3/c1-18-6-11-26(27(34)30-18)32-17-22-14-20(8-10-25(22)28(32)35)7-9-24(33)16-21-4-3-5-23(15-21)31-13-12-29-19(31)2/h3-5,8,10,12-15,26H,1,6-7,9,11,16-17H2,2H3,(H,30,34). The van der Waals surface area contributed by atoms with Gasteiger partial charge in [-0.05, 0) is 61.1 Å². The van der Waals surface area contributed by atoms with Crippen LogP contribution in [0, 0.1) is 6.92 Å². The molecule has 0 saturated carbocycles. The van der Waals surface area contributed by atoms with Crippen LogP contribution in [-0.2, 0) is 29.0 Å². The SMILES string of the molecule is C=C1CCC(N2Cc3cc(CCC(=O)Cc4cccc(-n5ccnc5C)c4)ccc3C2=O)C(=O)N1. The van der Waals surface area contributed by atoms with Crippen LogP contribution in [0.3, 0.4) is 0 Å². The number of rotatable bonds is 7. The molecule has 3 aromatic rings. The molecule has 7 heteroatoms. The molecule has 1 aromatic heterocycles. The minimum Gasteiger partial charge on any atom is -0.329 e. The summed E-state index contributed by atoms with van der Waals surface area (Å²) in [5.41, 5.74) is 5.25. The summed E-state index contributed by atoms with van der Waals surface area (Å²) in [6.07, 6.45) is 6.36. The lowest BCUT2D eigenvalue weighted by atomic mass is 9.99. The first-order valence-corrected chi connectivity index (χ1v) is 11.9. The van der Waals surface area contributed by atoms with E-state index in [0.717, 1.165) is 28.2 Å². The van der Waals surface area contributed by atoms with Crippen molar-refractivity contribution < 1.29 is 14.4 Å². The zero-order chi connectivity index (χ0) is 24.5. The van der Waals surface area contributed by atoms with E-state index in [0.29, 0.717) is 49.9 Å². The molecule has 0 aliphatic carbocycles. The predicted octanol–water partition coefficient (Wildman–Crippen LogP) is 3.67. The van der Waals surface area contributed by atoms with E-state index >= 15 is 0 Å². The third kappa shape index (κ3) is 4.67. The van der Waals surface area contributed by atoms with Gasteiger partial charge in [0.15, 0.2) is 0 Å². The van der Waals surface area contributed by atoms with Gasteiger partial charge in [-0.25, -0.2) is 4.98 Å². The lowest BCUT2D eigenvalue weighted by molar-refractivity contribution is -0.126. The Balaban J connectivity index is 1.20. The first-order chi connectivity index (χ1) is 16.9. The van der Waals surface area contributed by atoms with Crippen LogP contribution in [0.2, 0.25) is 0 Å². The average molecular weight is 469 g/mol. The van der Waals surface area contributed by atoms with Gasteiger partial charge in [-0.1, -0.05) is 30.8 Å². The molecule has 1 N–H and O–H groups in total. The number of Topliss-reactive ketones (excluding diaryl/α,β-unsaturated/α-hetero) is 1. The molecule has 2 amide bonds. The number of hydrogen-bond acceptors (Lipinski definition) is 4. The van der Waals surface area contributed by atoms with Crippen molar-refractivity contribution >= 4 is 17.6 Å². The zero-order valence-corrected chi connectivity index (χ0v) is 19.8. The number of benzene rings is 2. The van der Waals surface area contributed by atoms with E-state index < -0.39 is 6.04 Å². The van der Waals surface area contributed by atoms with Crippen LogP contribution < -0.4 is 5.32 Å². The van der Waals surface area contributed by atoms with Crippen LogP contribution in [0.5, 0.6) is 0 Å². The maximum absolute atomic E-state index is 12.9. The highest BCUT2D eigenvalue weighted by atomic mass is 16.2. The van der Waals surface area contributed by atoms with Gasteiger partial charge >= 0.3 is 0 Å². The molecule has 0 radical (unpaired) electrons. The Morgan fingerprint density at radius 1 is 1.17 bits per heavy atom. The Hall–Kier alpha value is -4.00. The third-order valence-electron chi connectivity index (χ3n) is 6.81. The summed E-state index contributed by atoms with van der Waals surface area (Å²) in [4.78, 5) is 43.9. The van der Waals surface area contributed by atoms with Crippen molar-refractivity contribution in [1.29, 1.82) is 0 Å². The maximum atomic E-state index is 12.9. The third-order valence-corrected chi connectivity index (χ3v) is 6.81. The molecule has 0 bridgehead atoms. The second kappa shape index (κ2) is 9.33. The van der Waals surface area contributed by atoms with Gasteiger partial charge in [-0.3, -0.25) is 14.4 Å². The largest absolute Gasteiger partial charge is 0.329 e. The molecule has 1 atom stereocenters. The predicted molar refractivity (Wildman–Crippen MR) is 132 cm³/mol. The maximum Gasteiger partial charge on any atom is 0.255 e. The molecule has 3 heterocycles. The Morgan fingerprint density at radius 2 is 2.03 bits per heavy atom. The molecule has 7 nitrogen and oxygen atoms in total. The molecule has 1 fully saturated rings. The van der Waals surface area contributed by atoms with E-state index in [2.05, 4.69) is 16.9 Å². The van der Waals surface area contributed by atoms with Crippen LogP contribution in [0.4, 0.5) is 0 Å². The molecular weight excluding hydrogens is 440 g/mol. The van der Waals surface area contributed by atoms with Crippen molar-refractivity contribution in [1.82, 2.24) is 19.8 Å². The number of imidazole rings is 1. The Bertz CT molecular complexity index is 1340. The van der Waals surface area contributed by atoms with Gasteiger partial charge in [0.2, 0.25) is 5.91 Å². The summed E-state index contributed by atoms with van der Waals surface area (Å²) in [5.74, 6) is 0.794. The number of ketones is 1. The second-order valence-corrected chi connectivity index (χ2v) is 9.30. The Morgan fingerprint density at radius 3 is 2.80 bits per heavy atom. The molecule has 0 spiro atoms. The van der Waals surface area contributed by atoms with Crippen LogP contribution >= 0.6 is 0 Å². The number of carbonyl (C=O) groups excluding carboxylic acids is 3. The van der Waals surface area contributed by atoms with Crippen molar-refractivity contribution in [2.75, 3.05) is 0 Å². The van der Waals surface area contributed by atoms with E-state index in [1.165, 1.54) is 0 Å². The van der Waals surface area contributed by atoms with Crippen LogP contribution in [-0.4, -0.2) is 38.1 Å². The Labute approximate surface area is 204 Å². The van der Waals surface area contributed by atoms with Crippen molar-refractivity contribution in [2.45, 2.75) is 51.6 Å². The molecular formula is C28H28N4O3. The van der Waals surface area contributed by atoms with Crippen molar-refractivity contribution in [3.63, 3.8) is 0 Å². The number of allylic oxidation sites excluding steroid dienone is 1. The topological polar surface area (TPSA) is 84.3 Å². The molecule has 2 aliphatic rings. The second-order valence-electron chi connectivity index (χ2n) is 9.30. The molecule has 5 rings (SSSR count). The molecule has 1 unspecified atom stereocenters. The normalized spacial score (nSPS) is 17.5. The fourth-order valence-electron chi connectivity index (χ4n) is 4.93.